The van der Waals surface area contributed by atoms with E-state index in [1.54, 1.807) is 16.6 Å². The van der Waals surface area contributed by atoms with Gasteiger partial charge in [0, 0.05) is 32.2 Å². The van der Waals surface area contributed by atoms with Gasteiger partial charge >= 0.3 is 0 Å². The number of pyridine rings is 1. The van der Waals surface area contributed by atoms with E-state index in [2.05, 4.69) is 0 Å². The molecule has 2 atom stereocenters. The zero-order chi connectivity index (χ0) is 22.8. The van der Waals surface area contributed by atoms with E-state index in [9.17, 15) is 23.5 Å². The van der Waals surface area contributed by atoms with Gasteiger partial charge in [0.05, 0.1) is 6.04 Å². The molecule has 1 aliphatic carbocycles. The summed E-state index contributed by atoms with van der Waals surface area (Å²) in [7, 11) is 1.67. The third kappa shape index (κ3) is 2.95. The normalized spacial score (nSPS) is 26.1. The van der Waals surface area contributed by atoms with Gasteiger partial charge < -0.3 is 10.0 Å². The lowest BCUT2D eigenvalue weighted by Gasteiger charge is -2.60. The summed E-state index contributed by atoms with van der Waals surface area (Å²) in [5.74, 6) is -3.66. The van der Waals surface area contributed by atoms with E-state index in [-0.39, 0.29) is 30.7 Å². The second-order valence-corrected chi connectivity index (χ2v) is 9.51. The molecule has 0 radical (unpaired) electrons. The van der Waals surface area contributed by atoms with Crippen molar-refractivity contribution in [2.75, 3.05) is 12.1 Å². The minimum Gasteiger partial charge on any atom is -0.502 e. The first-order valence-electron chi connectivity index (χ1n) is 11.1. The SMILES string of the molecule is Cc1ccccc1C1N2C(CCC13CCC(F)(F)CC3)N(C)C(=O)c1c(O)c(=O)ccn12. The number of benzene rings is 1. The number of aromatic hydroxyl groups is 1. The fourth-order valence-electron chi connectivity index (χ4n) is 5.99. The van der Waals surface area contributed by atoms with E-state index < -0.39 is 28.4 Å². The number of halogens is 2. The molecule has 1 N–H and O–H groups in total. The smallest absolute Gasteiger partial charge is 0.277 e. The molecule has 0 bridgehead atoms. The standard InChI is InChI=1S/C24H27F2N3O3/c1-15-5-3-4-6-16(15)21-23(10-12-24(25,26)13-11-23)9-7-18-27(2)22(32)19-20(31)17(30)8-14-28(19)29(18)21/h3-6,8,14,18,21,31H,7,9-13H2,1-2H3. The van der Waals surface area contributed by atoms with Crippen LogP contribution in [-0.2, 0) is 0 Å². The number of aryl methyl sites for hydroxylation is 1. The number of hydrogen-bond acceptors (Lipinski definition) is 4. The minimum absolute atomic E-state index is 0.0759. The fourth-order valence-corrected chi connectivity index (χ4v) is 5.99. The van der Waals surface area contributed by atoms with Crippen LogP contribution >= 0.6 is 0 Å². The number of amides is 1. The molecule has 8 heteroatoms. The lowest BCUT2D eigenvalue weighted by atomic mass is 9.61. The molecule has 32 heavy (non-hydrogen) atoms. The lowest BCUT2D eigenvalue weighted by molar-refractivity contribution is -0.0890. The van der Waals surface area contributed by atoms with Crippen molar-refractivity contribution in [3.8, 4) is 5.75 Å². The summed E-state index contributed by atoms with van der Waals surface area (Å²) in [6.07, 6.45) is 3.00. The Hall–Kier alpha value is -2.90. The second kappa shape index (κ2) is 7.05. The van der Waals surface area contributed by atoms with E-state index >= 15 is 0 Å². The number of fused-ring (bicyclic) bond motifs is 3. The summed E-state index contributed by atoms with van der Waals surface area (Å²) >= 11 is 0. The topological polar surface area (TPSA) is 65.8 Å². The van der Waals surface area contributed by atoms with E-state index in [0.717, 1.165) is 17.5 Å². The molecule has 2 aliphatic heterocycles. The number of piperidine rings is 1. The van der Waals surface area contributed by atoms with Crippen LogP contribution in [0.4, 0.5) is 8.78 Å². The molecule has 1 amide bonds. The molecule has 5 rings (SSSR count). The van der Waals surface area contributed by atoms with Gasteiger partial charge in [0.25, 0.3) is 5.91 Å². The first-order chi connectivity index (χ1) is 15.2. The van der Waals surface area contributed by atoms with Crippen LogP contribution in [0.25, 0.3) is 0 Å². The average molecular weight is 443 g/mol. The summed E-state index contributed by atoms with van der Waals surface area (Å²) in [6.45, 7) is 2.01. The van der Waals surface area contributed by atoms with Gasteiger partial charge in [-0.1, -0.05) is 24.3 Å². The van der Waals surface area contributed by atoms with Gasteiger partial charge in [0.15, 0.2) is 11.4 Å². The quantitative estimate of drug-likeness (QED) is 0.725. The van der Waals surface area contributed by atoms with Gasteiger partial charge in [-0.2, -0.15) is 0 Å². The number of alkyl halides is 2. The van der Waals surface area contributed by atoms with Crippen molar-refractivity contribution in [3.63, 3.8) is 0 Å². The lowest BCUT2D eigenvalue weighted by Crippen LogP contribution is -2.66. The predicted molar refractivity (Wildman–Crippen MR) is 115 cm³/mol. The largest absolute Gasteiger partial charge is 0.502 e. The highest BCUT2D eigenvalue weighted by atomic mass is 19.3. The average Bonchev–Trinajstić information content (AvgIpc) is 2.76. The van der Waals surface area contributed by atoms with Gasteiger partial charge in [-0.25, -0.2) is 8.78 Å². The Kier molecular flexibility index (Phi) is 4.62. The molecule has 1 saturated heterocycles. The van der Waals surface area contributed by atoms with Crippen molar-refractivity contribution in [2.45, 2.75) is 63.6 Å². The van der Waals surface area contributed by atoms with Crippen molar-refractivity contribution >= 4 is 5.91 Å². The Morgan fingerprint density at radius 3 is 2.41 bits per heavy atom. The van der Waals surface area contributed by atoms with Crippen molar-refractivity contribution in [2.24, 2.45) is 5.41 Å². The van der Waals surface area contributed by atoms with Gasteiger partial charge in [-0.15, -0.1) is 0 Å². The number of hydrogen-bond donors (Lipinski definition) is 1. The van der Waals surface area contributed by atoms with Gasteiger partial charge in [-0.05, 0) is 49.1 Å². The maximum atomic E-state index is 14.2. The van der Waals surface area contributed by atoms with Gasteiger partial charge in [-0.3, -0.25) is 19.3 Å². The third-order valence-corrected chi connectivity index (χ3v) is 7.78. The zero-order valence-electron chi connectivity index (χ0n) is 18.2. The first kappa shape index (κ1) is 21.0. The molecule has 2 aromatic rings. The van der Waals surface area contributed by atoms with E-state index in [0.29, 0.717) is 19.3 Å². The molecule has 1 aromatic heterocycles. The van der Waals surface area contributed by atoms with Crippen LogP contribution in [-0.4, -0.2) is 39.7 Å². The minimum atomic E-state index is -2.66. The van der Waals surface area contributed by atoms with Crippen LogP contribution in [0.1, 0.15) is 66.2 Å². The van der Waals surface area contributed by atoms with Crippen LogP contribution in [0.3, 0.4) is 0 Å². The zero-order valence-corrected chi connectivity index (χ0v) is 18.2. The highest BCUT2D eigenvalue weighted by Crippen LogP contribution is 2.58. The Morgan fingerprint density at radius 1 is 1.03 bits per heavy atom. The van der Waals surface area contributed by atoms with E-state index in [1.165, 1.54) is 12.3 Å². The molecule has 2 unspecified atom stereocenters. The van der Waals surface area contributed by atoms with E-state index in [1.807, 2.05) is 36.2 Å². The molecule has 3 heterocycles. The van der Waals surface area contributed by atoms with Crippen molar-refractivity contribution in [3.05, 3.63) is 63.6 Å². The predicted octanol–water partition coefficient (Wildman–Crippen LogP) is 3.94. The van der Waals surface area contributed by atoms with Crippen molar-refractivity contribution < 1.29 is 18.7 Å². The van der Waals surface area contributed by atoms with Crippen LogP contribution in [0.2, 0.25) is 0 Å². The monoisotopic (exact) mass is 443 g/mol. The molecule has 1 spiro atoms. The molecular formula is C24H27F2N3O3. The van der Waals surface area contributed by atoms with Gasteiger partial charge in [0.2, 0.25) is 11.4 Å². The second-order valence-electron chi connectivity index (χ2n) is 9.51. The summed E-state index contributed by atoms with van der Waals surface area (Å²) in [6, 6.07) is 8.89. The van der Waals surface area contributed by atoms with Crippen molar-refractivity contribution in [1.29, 1.82) is 0 Å². The van der Waals surface area contributed by atoms with E-state index in [4.69, 9.17) is 0 Å². The number of nitrogens with zero attached hydrogens (tertiary/aromatic N) is 3. The maximum absolute atomic E-state index is 14.2. The highest BCUT2D eigenvalue weighted by molar-refractivity contribution is 5.96. The number of rotatable bonds is 1. The third-order valence-electron chi connectivity index (χ3n) is 7.78. The summed E-state index contributed by atoms with van der Waals surface area (Å²) in [4.78, 5) is 26.8. The molecular weight excluding hydrogens is 416 g/mol. The van der Waals surface area contributed by atoms with Crippen LogP contribution in [0.15, 0.2) is 41.3 Å². The highest BCUT2D eigenvalue weighted by Gasteiger charge is 2.56. The Bertz CT molecular complexity index is 1140. The summed E-state index contributed by atoms with van der Waals surface area (Å²) in [5.41, 5.74) is 0.970. The molecule has 2 fully saturated rings. The fraction of sp³-hybridized carbons (Fsp3) is 0.500. The molecule has 3 aliphatic rings. The first-order valence-corrected chi connectivity index (χ1v) is 11.1. The van der Waals surface area contributed by atoms with Crippen LogP contribution < -0.4 is 10.4 Å². The molecule has 170 valence electrons. The van der Waals surface area contributed by atoms with Crippen LogP contribution in [0, 0.1) is 12.3 Å². The summed E-state index contributed by atoms with van der Waals surface area (Å²) < 4.78 is 30.0. The Morgan fingerprint density at radius 2 is 1.72 bits per heavy atom. The molecule has 1 saturated carbocycles. The Balaban J connectivity index is 1.74. The molecule has 6 nitrogen and oxygen atoms in total. The van der Waals surface area contributed by atoms with Crippen LogP contribution in [0.5, 0.6) is 5.75 Å². The number of aromatic nitrogens is 1. The van der Waals surface area contributed by atoms with Gasteiger partial charge in [0.1, 0.15) is 6.17 Å². The molecule has 1 aromatic carbocycles. The summed E-state index contributed by atoms with van der Waals surface area (Å²) in [5, 5.41) is 12.5. The number of carbonyl (C=O) groups is 1. The maximum Gasteiger partial charge on any atom is 0.277 e. The van der Waals surface area contributed by atoms with Crippen molar-refractivity contribution in [1.82, 2.24) is 9.58 Å². The Labute approximate surface area is 185 Å². The number of carbonyl (C=O) groups excluding carboxylic acids is 1.